The largest absolute Gasteiger partial charge is 0.460 e. The first-order chi connectivity index (χ1) is 46.9. The highest BCUT2D eigenvalue weighted by atomic mass is 16.3. The number of quaternary nitrogens is 11. The highest BCUT2D eigenvalue weighted by Crippen LogP contribution is 2.25. The first-order valence-electron chi connectivity index (χ1n) is 40.5. The van der Waals surface area contributed by atoms with Gasteiger partial charge in [-0.15, -0.1) is 0 Å². The van der Waals surface area contributed by atoms with Crippen molar-refractivity contribution in [2.75, 3.05) is 341 Å². The maximum atomic E-state index is 9.13. The second kappa shape index (κ2) is 65.1. The van der Waals surface area contributed by atoms with Gasteiger partial charge in [-0.3, -0.25) is 0 Å². The van der Waals surface area contributed by atoms with E-state index in [1.807, 2.05) is 32.9 Å². The van der Waals surface area contributed by atoms with Crippen LogP contribution in [0.4, 0.5) is 0 Å². The minimum absolute atomic E-state index is 0.0538. The lowest BCUT2D eigenvalue weighted by Gasteiger charge is -2.33. The molecule has 1 fully saturated rings. The normalized spacial score (nSPS) is 13.9. The molecule has 0 radical (unpaired) electrons. The minimum Gasteiger partial charge on any atom is -0.460 e. The van der Waals surface area contributed by atoms with Crippen LogP contribution in [-0.2, 0) is 6.54 Å². The summed E-state index contributed by atoms with van der Waals surface area (Å²) < 4.78 is 16.1. The Morgan fingerprint density at radius 2 is 0.702 bits per heavy atom. The van der Waals surface area contributed by atoms with Crippen LogP contribution in [0.15, 0.2) is 16.5 Å². The zero-order chi connectivity index (χ0) is 84.2. The van der Waals surface area contributed by atoms with Crippen LogP contribution >= 0.6 is 0 Å². The number of hydrogen-bond acceptors (Lipinski definition) is 10. The van der Waals surface area contributed by atoms with Crippen molar-refractivity contribution in [3.63, 3.8) is 0 Å². The number of aliphatic hydroxyl groups excluding tert-OH is 9. The number of likely N-dealkylation sites (N-methyl/N-ethyl adjacent to an activating group) is 4. The van der Waals surface area contributed by atoms with Gasteiger partial charge in [-0.1, -0.05) is 39.5 Å². The van der Waals surface area contributed by atoms with E-state index in [1.165, 1.54) is 64.5 Å². The Morgan fingerprint density at radius 1 is 0.365 bits per heavy atom. The number of hydrogen-bond donors (Lipinski definition) is 9. The molecule has 638 valence electrons. The van der Waals surface area contributed by atoms with Crippen LogP contribution in [-0.4, -0.2) is 449 Å². The quantitative estimate of drug-likeness (QED) is 0.0230. The van der Waals surface area contributed by atoms with Gasteiger partial charge in [0.25, 0.3) is 0 Å². The fraction of sp³-hybridized carbons (Fsp3) is 0.952. The Morgan fingerprint density at radius 3 is 0.923 bits per heavy atom. The molecule has 0 saturated heterocycles. The van der Waals surface area contributed by atoms with Gasteiger partial charge in [0.05, 0.1) is 289 Å². The Labute approximate surface area is 651 Å². The molecule has 2 unspecified atom stereocenters. The van der Waals surface area contributed by atoms with Crippen molar-refractivity contribution < 1.29 is 99.7 Å². The molecule has 0 spiro atoms. The Hall–Kier alpha value is -1.52. The van der Waals surface area contributed by atoms with Crippen molar-refractivity contribution in [2.24, 2.45) is 11.3 Å². The second-order valence-electron chi connectivity index (χ2n) is 39.5. The topological polar surface area (TPSA) is 195 Å². The van der Waals surface area contributed by atoms with E-state index < -0.39 is 0 Å². The first-order valence-corrected chi connectivity index (χ1v) is 40.5. The van der Waals surface area contributed by atoms with E-state index in [0.29, 0.717) is 33.0 Å². The molecule has 1 aliphatic rings. The van der Waals surface area contributed by atoms with E-state index in [2.05, 4.69) is 246 Å². The van der Waals surface area contributed by atoms with Crippen molar-refractivity contribution >= 4 is 0 Å². The summed E-state index contributed by atoms with van der Waals surface area (Å²) in [6.07, 6.45) is 15.6. The van der Waals surface area contributed by atoms with Crippen LogP contribution in [0.3, 0.4) is 0 Å². The van der Waals surface area contributed by atoms with E-state index in [-0.39, 0.29) is 30.8 Å². The summed E-state index contributed by atoms with van der Waals surface area (Å²) in [5, 5.41) is 78.0. The van der Waals surface area contributed by atoms with Gasteiger partial charge in [0.1, 0.15) is 50.7 Å². The summed E-state index contributed by atoms with van der Waals surface area (Å²) in [5.41, 5.74) is 0.0538. The van der Waals surface area contributed by atoms with Crippen LogP contribution < -0.4 is 0 Å². The van der Waals surface area contributed by atoms with Crippen molar-refractivity contribution in [2.45, 2.75) is 178 Å². The van der Waals surface area contributed by atoms with E-state index >= 15 is 0 Å². The molecule has 1 aromatic rings. The molecule has 1 saturated carbocycles. The monoisotopic (exact) mass is 1510 g/mol. The molecule has 0 aliphatic heterocycles. The van der Waals surface area contributed by atoms with E-state index in [0.717, 1.165) is 197 Å². The third-order valence-electron chi connectivity index (χ3n) is 17.6. The average Bonchev–Trinajstić information content (AvgIpc) is 1.33. The molecule has 2 rings (SSSR count). The molecule has 2 atom stereocenters. The van der Waals surface area contributed by atoms with Crippen molar-refractivity contribution in [3.8, 4) is 0 Å². The van der Waals surface area contributed by atoms with E-state index in [4.69, 9.17) is 50.4 Å². The minimum atomic E-state index is -0.185. The summed E-state index contributed by atoms with van der Waals surface area (Å²) in [7, 11) is 58.2. The number of rotatable bonds is 37. The lowest BCUT2D eigenvalue weighted by molar-refractivity contribution is -0.908. The van der Waals surface area contributed by atoms with Gasteiger partial charge in [-0.2, -0.15) is 0 Å². The van der Waals surface area contributed by atoms with Gasteiger partial charge >= 0.3 is 0 Å². The van der Waals surface area contributed by atoms with Crippen molar-refractivity contribution in [1.29, 1.82) is 0 Å². The van der Waals surface area contributed by atoms with Gasteiger partial charge in [-0.05, 0) is 119 Å². The highest BCUT2D eigenvalue weighted by Gasteiger charge is 2.25. The Balaban J connectivity index is -0.000000137. The maximum Gasteiger partial charge on any atom is 0.158 e. The molecule has 1 heterocycles. The van der Waals surface area contributed by atoms with Crippen molar-refractivity contribution in [3.05, 3.63) is 23.7 Å². The Kier molecular flexibility index (Phi) is 75.6. The Bertz CT molecular complexity index is 1920. The maximum absolute atomic E-state index is 9.13. The predicted octanol–water partition coefficient (Wildman–Crippen LogP) is 8.50. The van der Waals surface area contributed by atoms with Gasteiger partial charge < -0.3 is 99.7 Å². The summed E-state index contributed by atoms with van der Waals surface area (Å²) >= 11 is 0. The SMILES string of the molecule is CC(C)(CO)C[N+](C)(C)C.CC(O)C[N+](C)(C)C.CC[N+](C)(CC)CC(C)O.CC[N+](C)(CC)CCCO.CC[N+](C)(CC)CCO.C[N+](C)(C)CC1CCCCC1.C[N+](C)(C)CCCCCCO.C[N+](C)(C)CCCCO.C[N+](C)(C)CCCO.C[N+](C)(C)CCO.Cc1ccc(C[N+](C)(C)C)o1. The molecular formula is C83H202N11O10+11. The van der Waals surface area contributed by atoms with Crippen LogP contribution in [0.25, 0.3) is 0 Å². The summed E-state index contributed by atoms with van der Waals surface area (Å²) in [5.74, 6) is 3.08. The predicted molar refractivity (Wildman–Crippen MR) is 452 cm³/mol. The smallest absolute Gasteiger partial charge is 0.158 e. The second-order valence-corrected chi connectivity index (χ2v) is 39.5. The molecule has 21 heteroatoms. The zero-order valence-corrected chi connectivity index (χ0v) is 77.9. The molecule has 9 N–H and O–H groups in total. The fourth-order valence-corrected chi connectivity index (χ4v) is 10.8. The van der Waals surface area contributed by atoms with Crippen molar-refractivity contribution in [1.82, 2.24) is 0 Å². The van der Waals surface area contributed by atoms with Crippen LogP contribution in [0, 0.1) is 18.3 Å². The van der Waals surface area contributed by atoms with Gasteiger partial charge in [0.2, 0.25) is 0 Å². The standard InChI is InChI=1S/C10H22N.C9H16NO.C9H22NO.3C8H20NO.2C7H18NO.2C6H16NO.C5H14NO/c1-11(2,3)9-10-7-5-4-6-8-10;1-8-5-6-9(11-8)7-10(2,3)4;1-10(2,3)8-6-4-5-7-9-11;1-8(2,7-10)6-9(3,4)5;1-5-9(4,6-2)7-8(3)10;1-4-9(3,5-2)7-6-8-10;1-8(2,3)6-4-5-7-9;1-4-8(3,5-2)6-7-9;1-6(8)5-7(2,3)4;1-7(2,3)5-4-6-8;1-6(2,3)4-5-7/h10H,4-9H2,1-3H3;5-6H,7H2,1-4H3;11H,4-9H2,1-3H3;10H,6-7H2,1-5H3;8,10H,5-7H2,1-4H3;10H,4-8H2,1-3H3;2*9H,4-7H2,1-3H3;6,8H,5H2,1-4H3;8H,4-6H2,1-3H3;7H,4-5H2,1-3H3/q11*+1. The lowest BCUT2D eigenvalue weighted by atomic mass is 9.89. The molecule has 21 nitrogen and oxygen atoms in total. The molecule has 104 heavy (non-hydrogen) atoms. The summed E-state index contributed by atoms with van der Waals surface area (Å²) in [6.45, 7) is 43.0. The third kappa shape index (κ3) is 111. The summed E-state index contributed by atoms with van der Waals surface area (Å²) in [4.78, 5) is 0. The molecule has 0 bridgehead atoms. The van der Waals surface area contributed by atoms with Crippen LogP contribution in [0.5, 0.6) is 0 Å². The van der Waals surface area contributed by atoms with Gasteiger partial charge in [-0.25, -0.2) is 0 Å². The number of furan rings is 1. The van der Waals surface area contributed by atoms with Gasteiger partial charge in [0, 0.05) is 50.6 Å². The number of aryl methyl sites for hydroxylation is 1. The van der Waals surface area contributed by atoms with Gasteiger partial charge in [0.15, 0.2) is 5.76 Å². The highest BCUT2D eigenvalue weighted by molar-refractivity contribution is 5.04. The average molecular weight is 1510 g/mol. The van der Waals surface area contributed by atoms with Crippen LogP contribution in [0.2, 0.25) is 0 Å². The molecule has 1 aromatic heterocycles. The van der Waals surface area contributed by atoms with E-state index in [1.54, 1.807) is 0 Å². The van der Waals surface area contributed by atoms with Crippen LogP contribution in [0.1, 0.15) is 164 Å². The number of aliphatic hydroxyl groups is 9. The number of unbranched alkanes of at least 4 members (excludes halogenated alkanes) is 4. The summed E-state index contributed by atoms with van der Waals surface area (Å²) in [6, 6.07) is 4.05. The third-order valence-corrected chi connectivity index (χ3v) is 17.6. The van der Waals surface area contributed by atoms with E-state index in [9.17, 15) is 0 Å². The molecular weight excluding hydrogens is 1310 g/mol. The molecule has 0 aromatic carbocycles. The zero-order valence-electron chi connectivity index (χ0n) is 77.9. The first kappa shape index (κ1) is 121. The fourth-order valence-electron chi connectivity index (χ4n) is 10.8. The molecule has 1 aliphatic carbocycles. The molecule has 0 amide bonds. The number of nitrogens with zero attached hydrogens (tertiary/aromatic N) is 11. The lowest BCUT2D eigenvalue weighted by Crippen LogP contribution is -2.47.